The first-order valence-corrected chi connectivity index (χ1v) is 62.2. The van der Waals surface area contributed by atoms with Crippen LogP contribution in [0.5, 0.6) is 0 Å². The van der Waals surface area contributed by atoms with Crippen molar-refractivity contribution in [3.05, 3.63) is 349 Å². The molecule has 0 bridgehead atoms. The second-order valence-electron chi connectivity index (χ2n) is 45.0. The molecular formula is C150H204. The molecule has 0 aliphatic rings. The molecule has 0 aliphatic heterocycles. The van der Waals surface area contributed by atoms with Crippen LogP contribution in [0.2, 0.25) is 0 Å². The van der Waals surface area contributed by atoms with E-state index in [1.54, 1.807) is 0 Å². The first-order chi connectivity index (χ1) is 73.7. The summed E-state index contributed by atoms with van der Waals surface area (Å²) in [6, 6.07) is 74.2. The van der Waals surface area contributed by atoms with Gasteiger partial charge in [0, 0.05) is 0 Å². The summed E-state index contributed by atoms with van der Waals surface area (Å²) in [4.78, 5) is 0. The maximum atomic E-state index is 2.53. The van der Waals surface area contributed by atoms with E-state index in [4.69, 9.17) is 0 Å². The smallest absolute Gasteiger partial charge is 0.0245 e. The Balaban J connectivity index is 1.16. The average Bonchev–Trinajstić information content (AvgIpc) is 0.832. The van der Waals surface area contributed by atoms with Gasteiger partial charge >= 0.3 is 0 Å². The van der Waals surface area contributed by atoms with Gasteiger partial charge in [-0.2, -0.15) is 0 Å². The molecule has 0 unspecified atom stereocenters. The number of aryl methyl sites for hydroxylation is 12. The van der Waals surface area contributed by atoms with Gasteiger partial charge in [0.25, 0.3) is 0 Å². The lowest BCUT2D eigenvalue weighted by Gasteiger charge is -2.10. The van der Waals surface area contributed by atoms with Gasteiger partial charge in [-0.25, -0.2) is 0 Å². The Bertz CT molecular complexity index is 4700. The van der Waals surface area contributed by atoms with Crippen LogP contribution >= 0.6 is 0 Å². The van der Waals surface area contributed by atoms with Gasteiger partial charge in [-0.3, -0.25) is 0 Å². The van der Waals surface area contributed by atoms with Crippen molar-refractivity contribution >= 4 is 109 Å². The molecule has 10 aromatic carbocycles. The van der Waals surface area contributed by atoms with Gasteiger partial charge in [0.2, 0.25) is 0 Å². The Morgan fingerprint density at radius 3 is 0.233 bits per heavy atom. The van der Waals surface area contributed by atoms with Gasteiger partial charge in [-0.1, -0.05) is 533 Å². The molecule has 0 fully saturated rings. The van der Waals surface area contributed by atoms with Crippen LogP contribution in [0.1, 0.15) is 558 Å². The van der Waals surface area contributed by atoms with Crippen molar-refractivity contribution in [3.8, 4) is 0 Å². The molecule has 0 aromatic heterocycles. The summed E-state index contributed by atoms with van der Waals surface area (Å²) >= 11 is 0. The zero-order valence-electron chi connectivity index (χ0n) is 97.1. The maximum Gasteiger partial charge on any atom is -0.0245 e. The van der Waals surface area contributed by atoms with E-state index in [9.17, 15) is 0 Å². The largest absolute Gasteiger partial charge is 0.0654 e. The summed E-state index contributed by atoms with van der Waals surface area (Å²) in [5, 5.41) is 0. The molecule has 0 aliphatic carbocycles. The molecule has 0 atom stereocenters. The predicted octanol–water partition coefficient (Wildman–Crippen LogP) is 46.7. The molecule has 0 heteroatoms. The number of hydrogen-bond acceptors (Lipinski definition) is 0. The molecule has 150 heavy (non-hydrogen) atoms. The minimum atomic E-state index is 1.13. The Kier molecular flexibility index (Phi) is 60.7. The number of benzene rings is 10. The standard InChI is InChI=1S/C150H204/c1-13-25-37-49-61-121-91-122(62-50-38-26-14-2)98-133(97-121)73-79-139-109-140(80-74-134-99-123(63-51-39-27-15-3)92-124(100-134)64-52-40-28-16-4)113-145(112-139)85-88-148-118-149(89-86-146-114-141(81-75-135-101-125(65-53-41-29-17-5)93-126(102-135)66-54-42-30-18-6)110-142(115-146)82-76-136-103-127(67-55-43-31-19-7)94-128(104-136)68-56-44-32-20-8)120-150(119-148)90-87-147-116-143(83-77-137-105-129(69-57-45-33-21-9)95-130(106-137)70-58-46-34-22-10)111-144(117-147)84-78-138-107-131(71-59-47-35-23-11)96-132(108-138)72-60-48-36-24-12/h73-120H,13-72H2,1-12H3/b79-73+,80-74+,81-75+,82-76+,83-77+,84-78+,88-85+,89-86+,90-87+. The molecule has 0 spiro atoms. The lowest BCUT2D eigenvalue weighted by atomic mass is 9.96. The van der Waals surface area contributed by atoms with Crippen LogP contribution in [-0.4, -0.2) is 0 Å². The molecule has 0 heterocycles. The summed E-state index contributed by atoms with van der Waals surface area (Å²) in [6.07, 6.45) is 118. The van der Waals surface area contributed by atoms with Crippen LogP contribution in [0.3, 0.4) is 0 Å². The van der Waals surface area contributed by atoms with Gasteiger partial charge in [-0.15, -0.1) is 0 Å². The van der Waals surface area contributed by atoms with E-state index in [0.29, 0.717) is 0 Å². The molecule has 0 saturated heterocycles. The molecule has 0 nitrogen and oxygen atoms in total. The van der Waals surface area contributed by atoms with Crippen LogP contribution in [0.25, 0.3) is 109 Å². The van der Waals surface area contributed by atoms with E-state index >= 15 is 0 Å². The highest BCUT2D eigenvalue weighted by Gasteiger charge is 2.14. The van der Waals surface area contributed by atoms with Gasteiger partial charge in [-0.05, 0) is 394 Å². The molecule has 0 amide bonds. The minimum Gasteiger partial charge on any atom is -0.0654 e. The van der Waals surface area contributed by atoms with Gasteiger partial charge in [0.1, 0.15) is 0 Å². The Labute approximate surface area is 920 Å². The first-order valence-electron chi connectivity index (χ1n) is 62.2. The third-order valence-corrected chi connectivity index (χ3v) is 30.5. The van der Waals surface area contributed by atoms with Gasteiger partial charge in [0.15, 0.2) is 0 Å². The third kappa shape index (κ3) is 50.2. The number of unbranched alkanes of at least 4 members (excludes halogenated alkanes) is 36. The van der Waals surface area contributed by atoms with Crippen molar-refractivity contribution in [2.24, 2.45) is 0 Å². The Morgan fingerprint density at radius 2 is 0.160 bits per heavy atom. The van der Waals surface area contributed by atoms with E-state index in [2.05, 4.69) is 374 Å². The molecule has 0 N–H and O–H groups in total. The molecule has 10 rings (SSSR count). The maximum absolute atomic E-state index is 2.53. The lowest BCUT2D eigenvalue weighted by molar-refractivity contribution is 0.661. The van der Waals surface area contributed by atoms with Crippen molar-refractivity contribution in [2.45, 2.75) is 468 Å². The van der Waals surface area contributed by atoms with Crippen molar-refractivity contribution in [1.29, 1.82) is 0 Å². The molecule has 0 saturated carbocycles. The summed E-state index contributed by atoms with van der Waals surface area (Å²) in [5.74, 6) is 0. The van der Waals surface area contributed by atoms with Crippen LogP contribution in [0.15, 0.2) is 182 Å². The number of rotatable bonds is 78. The SMILES string of the molecule is CCCCCCc1cc(/C=C/c2cc(/C=C/c3cc(/C=C/c4cc(/C=C/c5cc(CCCCCC)cc(CCCCCC)c5)cc(/C=C/c5cc(CCCCCC)cc(CCCCCC)c5)c4)cc(/C=C/c4cc(/C=C/c5cc(CCCCCC)cc(CCCCCC)c5)cc(/C=C/c5cc(CCCCCC)cc(CCCCCC)c5)c4)c3)cc(/C=C/c3cc(CCCCCC)cc(CCCCCC)c3)c2)cc(CCCCCC)c1. The van der Waals surface area contributed by atoms with E-state index in [1.165, 1.54) is 458 Å². The summed E-state index contributed by atoms with van der Waals surface area (Å²) in [6.45, 7) is 28.0. The van der Waals surface area contributed by atoms with E-state index in [0.717, 1.165) is 93.7 Å². The summed E-state index contributed by atoms with van der Waals surface area (Å²) in [7, 11) is 0. The fourth-order valence-corrected chi connectivity index (χ4v) is 21.8. The molecule has 10 aromatic rings. The van der Waals surface area contributed by atoms with Crippen molar-refractivity contribution in [3.63, 3.8) is 0 Å². The highest BCUT2D eigenvalue weighted by Crippen LogP contribution is 2.33. The van der Waals surface area contributed by atoms with Crippen molar-refractivity contribution in [1.82, 2.24) is 0 Å². The molecule has 0 radical (unpaired) electrons. The topological polar surface area (TPSA) is 0 Å². The van der Waals surface area contributed by atoms with E-state index < -0.39 is 0 Å². The highest BCUT2D eigenvalue weighted by molar-refractivity contribution is 5.85. The number of hydrogen-bond donors (Lipinski definition) is 0. The molecular weight excluding hydrogens is 1800 g/mol. The van der Waals surface area contributed by atoms with Crippen LogP contribution < -0.4 is 0 Å². The Morgan fingerprint density at radius 1 is 0.0867 bits per heavy atom. The lowest BCUT2D eigenvalue weighted by Crippen LogP contribution is -1.93. The fraction of sp³-hybridized carbons (Fsp3) is 0.480. The van der Waals surface area contributed by atoms with Crippen LogP contribution in [-0.2, 0) is 77.0 Å². The molecule has 804 valence electrons. The van der Waals surface area contributed by atoms with Gasteiger partial charge < -0.3 is 0 Å². The monoisotopic (exact) mass is 2010 g/mol. The van der Waals surface area contributed by atoms with Crippen molar-refractivity contribution < 1.29 is 0 Å². The zero-order valence-corrected chi connectivity index (χ0v) is 97.1. The normalized spacial score (nSPS) is 12.2. The van der Waals surface area contributed by atoms with E-state index in [-0.39, 0.29) is 0 Å². The van der Waals surface area contributed by atoms with Crippen molar-refractivity contribution in [2.75, 3.05) is 0 Å². The summed E-state index contributed by atoms with van der Waals surface area (Å²) < 4.78 is 0. The Hall–Kier alpha value is -10.1. The van der Waals surface area contributed by atoms with Crippen LogP contribution in [0.4, 0.5) is 0 Å². The highest BCUT2D eigenvalue weighted by atomic mass is 14.2. The van der Waals surface area contributed by atoms with Crippen LogP contribution in [0, 0.1) is 0 Å². The second-order valence-corrected chi connectivity index (χ2v) is 45.0. The minimum absolute atomic E-state index is 1.13. The third-order valence-electron chi connectivity index (χ3n) is 30.5. The van der Waals surface area contributed by atoms with Gasteiger partial charge in [0.05, 0.1) is 0 Å². The average molecular weight is 2010 g/mol. The zero-order chi connectivity index (χ0) is 106. The first kappa shape index (κ1) is 122. The quantitative estimate of drug-likeness (QED) is 0.0263. The van der Waals surface area contributed by atoms with E-state index in [1.807, 2.05) is 0 Å². The predicted molar refractivity (Wildman–Crippen MR) is 679 cm³/mol. The second kappa shape index (κ2) is 74.8. The summed E-state index contributed by atoms with van der Waals surface area (Å²) in [5.41, 5.74) is 39.9. The fourth-order valence-electron chi connectivity index (χ4n) is 21.8.